The van der Waals surface area contributed by atoms with Crippen molar-refractivity contribution in [3.63, 3.8) is 0 Å². The minimum Gasteiger partial charge on any atom is -0.357 e. The van der Waals surface area contributed by atoms with E-state index in [1.807, 2.05) is 11.7 Å². The van der Waals surface area contributed by atoms with Gasteiger partial charge in [0.25, 0.3) is 0 Å². The van der Waals surface area contributed by atoms with Crippen molar-refractivity contribution in [1.82, 2.24) is 20.4 Å². The van der Waals surface area contributed by atoms with E-state index >= 15 is 0 Å². The lowest BCUT2D eigenvalue weighted by Crippen LogP contribution is -2.42. The van der Waals surface area contributed by atoms with E-state index in [0.717, 1.165) is 18.2 Å². The zero-order chi connectivity index (χ0) is 14.5. The van der Waals surface area contributed by atoms with Gasteiger partial charge in [0.1, 0.15) is 0 Å². The molecule has 2 N–H and O–H groups in total. The molecule has 2 rings (SSSR count). The molecular weight excluding hydrogens is 250 g/mol. The topological polar surface area (TPSA) is 54.2 Å². The second-order valence-corrected chi connectivity index (χ2v) is 5.59. The highest BCUT2D eigenvalue weighted by Crippen LogP contribution is 2.17. The van der Waals surface area contributed by atoms with Gasteiger partial charge in [-0.2, -0.15) is 5.10 Å². The molecule has 0 saturated heterocycles. The van der Waals surface area contributed by atoms with E-state index in [9.17, 15) is 0 Å². The second-order valence-electron chi connectivity index (χ2n) is 5.59. The van der Waals surface area contributed by atoms with E-state index in [1.165, 1.54) is 36.9 Å². The molecule has 20 heavy (non-hydrogen) atoms. The van der Waals surface area contributed by atoms with Crippen molar-refractivity contribution >= 4 is 5.96 Å². The largest absolute Gasteiger partial charge is 0.357 e. The van der Waals surface area contributed by atoms with Crippen molar-refractivity contribution in [3.05, 3.63) is 17.0 Å². The van der Waals surface area contributed by atoms with Crippen molar-refractivity contribution in [2.24, 2.45) is 12.0 Å². The Balaban J connectivity index is 2.04. The molecule has 0 aromatic carbocycles. The molecule has 1 aliphatic rings. The number of nitrogens with zero attached hydrogens (tertiary/aromatic N) is 3. The predicted octanol–water partition coefficient (Wildman–Crippen LogP) is 2.03. The molecule has 1 saturated carbocycles. The molecule has 1 fully saturated rings. The van der Waals surface area contributed by atoms with Crippen LogP contribution in [0.15, 0.2) is 4.99 Å². The quantitative estimate of drug-likeness (QED) is 0.654. The van der Waals surface area contributed by atoms with Gasteiger partial charge in [0.2, 0.25) is 0 Å². The van der Waals surface area contributed by atoms with Crippen LogP contribution in [-0.4, -0.2) is 28.3 Å². The van der Waals surface area contributed by atoms with Crippen LogP contribution in [0.4, 0.5) is 0 Å². The summed E-state index contributed by atoms with van der Waals surface area (Å²) in [6.07, 6.45) is 5.18. The Morgan fingerprint density at radius 3 is 2.60 bits per heavy atom. The van der Waals surface area contributed by atoms with E-state index in [4.69, 9.17) is 4.99 Å². The van der Waals surface area contributed by atoms with Crippen molar-refractivity contribution < 1.29 is 0 Å². The lowest BCUT2D eigenvalue weighted by atomic mass is 10.2. The highest BCUT2D eigenvalue weighted by Gasteiger charge is 2.16. The summed E-state index contributed by atoms with van der Waals surface area (Å²) in [6.45, 7) is 7.83. The molecule has 1 aromatic heterocycles. The van der Waals surface area contributed by atoms with Crippen LogP contribution in [0.1, 0.15) is 49.6 Å². The Kier molecular flexibility index (Phi) is 5.04. The van der Waals surface area contributed by atoms with Gasteiger partial charge >= 0.3 is 0 Å². The average Bonchev–Trinajstić information content (AvgIpc) is 2.98. The Bertz CT molecular complexity index is 469. The fourth-order valence-electron chi connectivity index (χ4n) is 2.79. The van der Waals surface area contributed by atoms with Gasteiger partial charge in [-0.05, 0) is 33.6 Å². The number of rotatable bonds is 4. The third-order valence-corrected chi connectivity index (χ3v) is 4.09. The average molecular weight is 277 g/mol. The third-order valence-electron chi connectivity index (χ3n) is 4.09. The Morgan fingerprint density at radius 1 is 1.35 bits per heavy atom. The molecule has 5 nitrogen and oxygen atoms in total. The number of nitrogens with one attached hydrogen (secondary N) is 2. The van der Waals surface area contributed by atoms with E-state index in [1.54, 1.807) is 0 Å². The van der Waals surface area contributed by atoms with Crippen LogP contribution in [0.2, 0.25) is 0 Å². The fraction of sp³-hybridized carbons (Fsp3) is 0.733. The number of aliphatic imine (C=N–C) groups is 1. The van der Waals surface area contributed by atoms with Gasteiger partial charge in [-0.15, -0.1) is 0 Å². The molecule has 1 aromatic rings. The van der Waals surface area contributed by atoms with Crippen molar-refractivity contribution in [1.29, 1.82) is 0 Å². The van der Waals surface area contributed by atoms with E-state index in [-0.39, 0.29) is 0 Å². The summed E-state index contributed by atoms with van der Waals surface area (Å²) < 4.78 is 1.93. The highest BCUT2D eigenvalue weighted by molar-refractivity contribution is 5.80. The zero-order valence-corrected chi connectivity index (χ0v) is 13.2. The van der Waals surface area contributed by atoms with Crippen LogP contribution in [0.25, 0.3) is 0 Å². The summed E-state index contributed by atoms with van der Waals surface area (Å²) in [4.78, 5) is 4.72. The minimum absolute atomic E-state index is 0.587. The first-order valence-electron chi connectivity index (χ1n) is 7.65. The summed E-state index contributed by atoms with van der Waals surface area (Å²) in [5, 5.41) is 11.3. The molecule has 0 spiro atoms. The molecule has 5 heteroatoms. The molecule has 0 unspecified atom stereocenters. The van der Waals surface area contributed by atoms with Crippen molar-refractivity contribution in [2.75, 3.05) is 6.54 Å². The molecule has 0 radical (unpaired) electrons. The Labute approximate surface area is 121 Å². The van der Waals surface area contributed by atoms with Gasteiger partial charge < -0.3 is 10.6 Å². The molecule has 0 bridgehead atoms. The van der Waals surface area contributed by atoms with Gasteiger partial charge in [-0.3, -0.25) is 4.68 Å². The third kappa shape index (κ3) is 3.52. The Hall–Kier alpha value is -1.52. The smallest absolute Gasteiger partial charge is 0.191 e. The zero-order valence-electron chi connectivity index (χ0n) is 13.2. The molecule has 0 atom stereocenters. The van der Waals surface area contributed by atoms with Gasteiger partial charge in [0.05, 0.1) is 12.2 Å². The predicted molar refractivity (Wildman–Crippen MR) is 82.9 cm³/mol. The first kappa shape index (κ1) is 14.9. The first-order chi connectivity index (χ1) is 9.61. The maximum atomic E-state index is 4.72. The number of hydrogen-bond acceptors (Lipinski definition) is 2. The lowest BCUT2D eigenvalue weighted by Gasteiger charge is -2.16. The van der Waals surface area contributed by atoms with Crippen LogP contribution in [0.5, 0.6) is 0 Å². The van der Waals surface area contributed by atoms with Crippen molar-refractivity contribution in [3.8, 4) is 0 Å². The highest BCUT2D eigenvalue weighted by atomic mass is 15.3. The molecule has 1 heterocycles. The maximum Gasteiger partial charge on any atom is 0.191 e. The second kappa shape index (κ2) is 6.77. The van der Waals surface area contributed by atoms with Gasteiger partial charge in [-0.25, -0.2) is 4.99 Å². The maximum absolute atomic E-state index is 4.72. The summed E-state index contributed by atoms with van der Waals surface area (Å²) in [5.74, 6) is 0.932. The van der Waals surface area contributed by atoms with Crippen molar-refractivity contribution in [2.45, 2.75) is 59.0 Å². The summed E-state index contributed by atoms with van der Waals surface area (Å²) in [7, 11) is 1.98. The molecule has 0 amide bonds. The number of aryl methyl sites for hydroxylation is 2. The first-order valence-corrected chi connectivity index (χ1v) is 7.65. The summed E-state index contributed by atoms with van der Waals surface area (Å²) >= 11 is 0. The van der Waals surface area contributed by atoms with E-state index in [2.05, 4.69) is 36.5 Å². The minimum atomic E-state index is 0.587. The van der Waals surface area contributed by atoms with Crippen LogP contribution in [-0.2, 0) is 13.6 Å². The standard InChI is InChI=1S/C15H27N5/c1-5-16-15(18-13-8-6-7-9-13)17-10-14-11(2)19-20(4)12(14)3/h13H,5-10H2,1-4H3,(H2,16,17,18). The number of aromatic nitrogens is 2. The molecular formula is C15H27N5. The van der Waals surface area contributed by atoms with E-state index < -0.39 is 0 Å². The molecule has 1 aliphatic carbocycles. The normalized spacial score (nSPS) is 16.7. The Morgan fingerprint density at radius 2 is 2.05 bits per heavy atom. The number of hydrogen-bond donors (Lipinski definition) is 2. The van der Waals surface area contributed by atoms with Gasteiger partial charge in [-0.1, -0.05) is 12.8 Å². The molecule has 112 valence electrons. The van der Waals surface area contributed by atoms with E-state index in [0.29, 0.717) is 12.6 Å². The fourth-order valence-corrected chi connectivity index (χ4v) is 2.79. The van der Waals surface area contributed by atoms with Crippen LogP contribution < -0.4 is 10.6 Å². The SMILES string of the molecule is CCNC(=NCc1c(C)nn(C)c1C)NC1CCCC1. The van der Waals surface area contributed by atoms with Crippen LogP contribution in [0.3, 0.4) is 0 Å². The lowest BCUT2D eigenvalue weighted by molar-refractivity contribution is 0.613. The molecule has 0 aliphatic heterocycles. The van der Waals surface area contributed by atoms with Gasteiger partial charge in [0, 0.05) is 30.9 Å². The van der Waals surface area contributed by atoms with Crippen LogP contribution >= 0.6 is 0 Å². The summed E-state index contributed by atoms with van der Waals surface area (Å²) in [5.41, 5.74) is 3.50. The monoisotopic (exact) mass is 277 g/mol. The number of guanidine groups is 1. The van der Waals surface area contributed by atoms with Crippen LogP contribution in [0, 0.1) is 13.8 Å². The van der Waals surface area contributed by atoms with Gasteiger partial charge in [0.15, 0.2) is 5.96 Å². The summed E-state index contributed by atoms with van der Waals surface area (Å²) in [6, 6.07) is 0.587.